The molecule has 1 fully saturated rings. The molecule has 0 aliphatic carbocycles. The Labute approximate surface area is 182 Å². The van der Waals surface area contributed by atoms with Crippen LogP contribution >= 0.6 is 0 Å². The van der Waals surface area contributed by atoms with Gasteiger partial charge in [0.1, 0.15) is 17.3 Å². The number of nitro benzene ring substituents is 1. The van der Waals surface area contributed by atoms with Crippen LogP contribution in [-0.2, 0) is 19.1 Å². The van der Waals surface area contributed by atoms with Gasteiger partial charge in [0.05, 0.1) is 23.5 Å². The molecule has 3 rings (SSSR count). The normalized spacial score (nSPS) is 15.4. The molecule has 1 saturated heterocycles. The molecule has 10 nitrogen and oxygen atoms in total. The van der Waals surface area contributed by atoms with Crippen molar-refractivity contribution in [3.05, 3.63) is 58.4 Å². The van der Waals surface area contributed by atoms with Gasteiger partial charge in [-0.3, -0.25) is 24.5 Å². The summed E-state index contributed by atoms with van der Waals surface area (Å²) in [6.45, 7) is 1.76. The topological polar surface area (TPSA) is 128 Å². The Hall–Kier alpha value is -4.02. The molecule has 2 amide bonds. The SMILES string of the molecule is CCOc1ccc(N2CC(C(=O)OCC(=O)Nc3ccc(F)cc3[N+](=O)[O-])CC2=O)cc1. The maximum atomic E-state index is 13.2. The predicted octanol–water partition coefficient (Wildman–Crippen LogP) is 2.67. The lowest BCUT2D eigenvalue weighted by atomic mass is 10.1. The Morgan fingerprint density at radius 3 is 2.62 bits per heavy atom. The molecule has 1 unspecified atom stereocenters. The van der Waals surface area contributed by atoms with Crippen molar-refractivity contribution in [2.45, 2.75) is 13.3 Å². The third-order valence-corrected chi connectivity index (χ3v) is 4.69. The van der Waals surface area contributed by atoms with Gasteiger partial charge in [-0.2, -0.15) is 0 Å². The van der Waals surface area contributed by atoms with Crippen molar-refractivity contribution in [2.75, 3.05) is 30.0 Å². The maximum absolute atomic E-state index is 13.2. The number of benzene rings is 2. The Balaban J connectivity index is 1.55. The number of halogens is 1. The van der Waals surface area contributed by atoms with Crippen molar-refractivity contribution in [2.24, 2.45) is 5.92 Å². The van der Waals surface area contributed by atoms with Crippen LogP contribution in [0.1, 0.15) is 13.3 Å². The van der Waals surface area contributed by atoms with E-state index in [0.717, 1.165) is 12.1 Å². The molecule has 1 aliphatic heterocycles. The van der Waals surface area contributed by atoms with Gasteiger partial charge >= 0.3 is 5.97 Å². The highest BCUT2D eigenvalue weighted by atomic mass is 19.1. The molecule has 1 N–H and O–H groups in total. The van der Waals surface area contributed by atoms with E-state index in [4.69, 9.17) is 9.47 Å². The minimum Gasteiger partial charge on any atom is -0.494 e. The third kappa shape index (κ3) is 5.36. The minimum absolute atomic E-state index is 0.0723. The Morgan fingerprint density at radius 1 is 1.25 bits per heavy atom. The lowest BCUT2D eigenvalue weighted by Gasteiger charge is -2.17. The fourth-order valence-corrected chi connectivity index (χ4v) is 3.21. The third-order valence-electron chi connectivity index (χ3n) is 4.69. The average Bonchev–Trinajstić information content (AvgIpc) is 3.15. The number of amides is 2. The van der Waals surface area contributed by atoms with E-state index >= 15 is 0 Å². The lowest BCUT2D eigenvalue weighted by Crippen LogP contribution is -2.28. The summed E-state index contributed by atoms with van der Waals surface area (Å²) in [7, 11) is 0. The number of nitrogens with one attached hydrogen (secondary N) is 1. The fourth-order valence-electron chi connectivity index (χ4n) is 3.21. The van der Waals surface area contributed by atoms with Gasteiger partial charge in [-0.1, -0.05) is 0 Å². The van der Waals surface area contributed by atoms with Gasteiger partial charge < -0.3 is 19.7 Å². The summed E-state index contributed by atoms with van der Waals surface area (Å²) >= 11 is 0. The van der Waals surface area contributed by atoms with Crippen LogP contribution < -0.4 is 15.0 Å². The number of anilines is 2. The Bertz CT molecular complexity index is 1040. The van der Waals surface area contributed by atoms with Crippen LogP contribution in [0.4, 0.5) is 21.5 Å². The van der Waals surface area contributed by atoms with Gasteiger partial charge in [-0.05, 0) is 43.3 Å². The molecule has 0 aromatic heterocycles. The van der Waals surface area contributed by atoms with Crippen molar-refractivity contribution in [1.29, 1.82) is 0 Å². The Morgan fingerprint density at radius 2 is 1.97 bits per heavy atom. The quantitative estimate of drug-likeness (QED) is 0.376. The van der Waals surface area contributed by atoms with Crippen LogP contribution in [0.3, 0.4) is 0 Å². The number of hydrogen-bond donors (Lipinski definition) is 1. The van der Waals surface area contributed by atoms with E-state index in [1.165, 1.54) is 4.90 Å². The van der Waals surface area contributed by atoms with Gasteiger partial charge in [0, 0.05) is 18.7 Å². The molecule has 0 saturated carbocycles. The molecule has 32 heavy (non-hydrogen) atoms. The van der Waals surface area contributed by atoms with Gasteiger partial charge in [-0.15, -0.1) is 0 Å². The van der Waals surface area contributed by atoms with E-state index < -0.39 is 40.8 Å². The highest BCUT2D eigenvalue weighted by Crippen LogP contribution is 2.28. The van der Waals surface area contributed by atoms with E-state index in [-0.39, 0.29) is 24.6 Å². The second kappa shape index (κ2) is 9.86. The van der Waals surface area contributed by atoms with Gasteiger partial charge in [0.25, 0.3) is 11.6 Å². The van der Waals surface area contributed by atoms with Crippen molar-refractivity contribution in [3.63, 3.8) is 0 Å². The van der Waals surface area contributed by atoms with Crippen molar-refractivity contribution < 1.29 is 33.2 Å². The molecule has 0 bridgehead atoms. The van der Waals surface area contributed by atoms with E-state index in [9.17, 15) is 28.9 Å². The summed E-state index contributed by atoms with van der Waals surface area (Å²) in [6, 6.07) is 9.51. The molecule has 0 spiro atoms. The van der Waals surface area contributed by atoms with Crippen LogP contribution in [0.15, 0.2) is 42.5 Å². The number of ether oxygens (including phenoxy) is 2. The van der Waals surface area contributed by atoms with E-state index in [0.29, 0.717) is 24.1 Å². The summed E-state index contributed by atoms with van der Waals surface area (Å²) in [5.74, 6) is -2.77. The van der Waals surface area contributed by atoms with Crippen molar-refractivity contribution in [3.8, 4) is 5.75 Å². The molecule has 1 heterocycles. The molecule has 2 aromatic carbocycles. The largest absolute Gasteiger partial charge is 0.494 e. The van der Waals surface area contributed by atoms with Crippen molar-refractivity contribution in [1.82, 2.24) is 0 Å². The van der Waals surface area contributed by atoms with Crippen LogP contribution in [0, 0.1) is 21.8 Å². The highest BCUT2D eigenvalue weighted by Gasteiger charge is 2.36. The van der Waals surface area contributed by atoms with E-state index in [2.05, 4.69) is 5.32 Å². The van der Waals surface area contributed by atoms with Crippen LogP contribution in [0.5, 0.6) is 5.75 Å². The number of hydrogen-bond acceptors (Lipinski definition) is 7. The summed E-state index contributed by atoms with van der Waals surface area (Å²) in [5.41, 5.74) is -0.248. The fraction of sp³-hybridized carbons (Fsp3) is 0.286. The zero-order valence-corrected chi connectivity index (χ0v) is 17.1. The van der Waals surface area contributed by atoms with Crippen LogP contribution in [0.25, 0.3) is 0 Å². The summed E-state index contributed by atoms with van der Waals surface area (Å²) in [5, 5.41) is 13.2. The molecule has 168 valence electrons. The first kappa shape index (κ1) is 22.7. The van der Waals surface area contributed by atoms with Gasteiger partial charge in [0.15, 0.2) is 6.61 Å². The number of rotatable bonds is 8. The number of esters is 1. The molecule has 11 heteroatoms. The molecule has 0 radical (unpaired) electrons. The first-order valence-electron chi connectivity index (χ1n) is 9.72. The smallest absolute Gasteiger partial charge is 0.311 e. The van der Waals surface area contributed by atoms with E-state index in [1.807, 2.05) is 6.92 Å². The standard InChI is InChI=1S/C21H20FN3O7/c1-2-31-16-6-4-15(5-7-16)24-11-13(9-20(24)27)21(28)32-12-19(26)23-17-8-3-14(22)10-18(17)25(29)30/h3-8,10,13H,2,9,11-12H2,1H3,(H,23,26). The number of carbonyl (C=O) groups is 3. The molecule has 2 aromatic rings. The maximum Gasteiger partial charge on any atom is 0.311 e. The predicted molar refractivity (Wildman–Crippen MR) is 111 cm³/mol. The second-order valence-corrected chi connectivity index (χ2v) is 6.91. The summed E-state index contributed by atoms with van der Waals surface area (Å²) < 4.78 is 23.5. The molecule has 1 aliphatic rings. The summed E-state index contributed by atoms with van der Waals surface area (Å²) in [6.07, 6.45) is -0.0723. The van der Waals surface area contributed by atoms with Crippen molar-refractivity contribution >= 4 is 34.8 Å². The van der Waals surface area contributed by atoms with Crippen LogP contribution in [0.2, 0.25) is 0 Å². The van der Waals surface area contributed by atoms with Crippen LogP contribution in [-0.4, -0.2) is 42.5 Å². The monoisotopic (exact) mass is 445 g/mol. The number of nitro groups is 1. The number of nitrogens with zero attached hydrogens (tertiary/aromatic N) is 2. The highest BCUT2D eigenvalue weighted by molar-refractivity contribution is 6.00. The minimum atomic E-state index is -0.843. The molecular weight excluding hydrogens is 425 g/mol. The first-order valence-corrected chi connectivity index (χ1v) is 9.72. The van der Waals surface area contributed by atoms with Gasteiger partial charge in [-0.25, -0.2) is 4.39 Å². The second-order valence-electron chi connectivity index (χ2n) is 6.91. The lowest BCUT2D eigenvalue weighted by molar-refractivity contribution is -0.384. The Kier molecular flexibility index (Phi) is 6.98. The zero-order chi connectivity index (χ0) is 23.3. The molecular formula is C21H20FN3O7. The number of carbonyl (C=O) groups excluding carboxylic acids is 3. The van der Waals surface area contributed by atoms with Gasteiger partial charge in [0.2, 0.25) is 5.91 Å². The van der Waals surface area contributed by atoms with E-state index in [1.54, 1.807) is 24.3 Å². The zero-order valence-electron chi connectivity index (χ0n) is 17.1. The first-order chi connectivity index (χ1) is 15.3. The summed E-state index contributed by atoms with van der Waals surface area (Å²) in [4.78, 5) is 48.3. The molecule has 1 atom stereocenters. The average molecular weight is 445 g/mol.